The fraction of sp³-hybridized carbons (Fsp3) is 0.250. The lowest BCUT2D eigenvalue weighted by molar-refractivity contribution is 0.131. The molecule has 2 aromatic rings. The quantitative estimate of drug-likeness (QED) is 0.233. The summed E-state index contributed by atoms with van der Waals surface area (Å²) in [6.07, 6.45) is 17.9. The molecule has 37 heavy (non-hydrogen) atoms. The Balaban J connectivity index is 2.15. The van der Waals surface area contributed by atoms with Crippen molar-refractivity contribution >= 4 is 9.84 Å². The zero-order valence-electron chi connectivity index (χ0n) is 22.9. The standard InChI is InChI=1S/C32H38O4S/c1-8-12-13-14-25(9-2)26(10-3)15-16-27(11-4)35-28-17-21-30(22-18-28)37(33,34)31-23-19-29(20-24-31)36-32(5,6)7/h8-24H,1-7H3/b12-8-,14-13+,16-15-,25-9+,26-10-,27-11+. The highest BCUT2D eigenvalue weighted by Gasteiger charge is 2.19. The SMILES string of the molecule is C\C=C/C=C/C(=C\C)C(/C=C\C(=C/C)Oc1ccc(S(=O)(=O)c2ccc(OC(C)(C)C)cc2)cc1)=C\C. The average Bonchev–Trinajstić information content (AvgIpc) is 2.86. The van der Waals surface area contributed by atoms with E-state index in [9.17, 15) is 8.42 Å². The van der Waals surface area contributed by atoms with E-state index in [4.69, 9.17) is 9.47 Å². The van der Waals surface area contributed by atoms with Crippen molar-refractivity contribution in [3.8, 4) is 11.5 Å². The van der Waals surface area contributed by atoms with Crippen molar-refractivity contribution in [2.24, 2.45) is 0 Å². The molecule has 5 heteroatoms. The molecular weight excluding hydrogens is 480 g/mol. The van der Waals surface area contributed by atoms with Gasteiger partial charge in [0.2, 0.25) is 9.84 Å². The molecule has 0 aliphatic heterocycles. The third kappa shape index (κ3) is 9.10. The van der Waals surface area contributed by atoms with E-state index >= 15 is 0 Å². The maximum absolute atomic E-state index is 13.1. The highest BCUT2D eigenvalue weighted by molar-refractivity contribution is 7.91. The number of allylic oxidation sites excluding steroid dienone is 11. The minimum absolute atomic E-state index is 0.198. The first-order valence-electron chi connectivity index (χ1n) is 12.3. The molecule has 4 nitrogen and oxygen atoms in total. The third-order valence-electron chi connectivity index (χ3n) is 5.17. The van der Waals surface area contributed by atoms with Gasteiger partial charge in [-0.1, -0.05) is 42.5 Å². The van der Waals surface area contributed by atoms with Gasteiger partial charge in [0.05, 0.1) is 9.79 Å². The monoisotopic (exact) mass is 518 g/mol. The highest BCUT2D eigenvalue weighted by Crippen LogP contribution is 2.27. The molecule has 0 fully saturated rings. The van der Waals surface area contributed by atoms with Gasteiger partial charge >= 0.3 is 0 Å². The van der Waals surface area contributed by atoms with Crippen molar-refractivity contribution in [3.63, 3.8) is 0 Å². The van der Waals surface area contributed by atoms with Crippen molar-refractivity contribution in [2.45, 2.75) is 63.9 Å². The smallest absolute Gasteiger partial charge is 0.206 e. The van der Waals surface area contributed by atoms with Crippen molar-refractivity contribution in [2.75, 3.05) is 0 Å². The van der Waals surface area contributed by atoms with E-state index in [1.165, 1.54) is 0 Å². The van der Waals surface area contributed by atoms with Crippen LogP contribution in [0.2, 0.25) is 0 Å². The summed E-state index contributed by atoms with van der Waals surface area (Å²) in [5.41, 5.74) is 1.80. The summed E-state index contributed by atoms with van der Waals surface area (Å²) in [4.78, 5) is 0.408. The molecule has 0 aliphatic rings. The Morgan fingerprint density at radius 1 is 0.676 bits per heavy atom. The van der Waals surface area contributed by atoms with Gasteiger partial charge < -0.3 is 9.47 Å². The fourth-order valence-corrected chi connectivity index (χ4v) is 4.61. The molecule has 0 unspecified atom stereocenters. The number of sulfone groups is 1. The van der Waals surface area contributed by atoms with E-state index < -0.39 is 9.84 Å². The minimum Gasteiger partial charge on any atom is -0.488 e. The van der Waals surface area contributed by atoms with Crippen LogP contribution in [0.3, 0.4) is 0 Å². The largest absolute Gasteiger partial charge is 0.488 e. The molecule has 0 N–H and O–H groups in total. The predicted molar refractivity (Wildman–Crippen MR) is 154 cm³/mol. The van der Waals surface area contributed by atoms with E-state index in [0.717, 1.165) is 11.1 Å². The van der Waals surface area contributed by atoms with Gasteiger partial charge in [0.25, 0.3) is 0 Å². The molecule has 0 bridgehead atoms. The predicted octanol–water partition coefficient (Wildman–Crippen LogP) is 8.56. The average molecular weight is 519 g/mol. The lowest BCUT2D eigenvalue weighted by Crippen LogP contribution is -2.22. The summed E-state index contributed by atoms with van der Waals surface area (Å²) in [6.45, 7) is 13.7. The van der Waals surface area contributed by atoms with E-state index in [1.54, 1.807) is 48.5 Å². The van der Waals surface area contributed by atoms with Crippen molar-refractivity contribution in [3.05, 3.63) is 120 Å². The number of ether oxygens (including phenoxy) is 2. The maximum atomic E-state index is 13.1. The molecular formula is C32H38O4S. The van der Waals surface area contributed by atoms with Crippen molar-refractivity contribution in [1.82, 2.24) is 0 Å². The van der Waals surface area contributed by atoms with Gasteiger partial charge in [0, 0.05) is 0 Å². The second kappa shape index (κ2) is 13.7. The molecule has 0 amide bonds. The number of benzene rings is 2. The van der Waals surface area contributed by atoms with Crippen molar-refractivity contribution in [1.29, 1.82) is 0 Å². The number of rotatable bonds is 10. The van der Waals surface area contributed by atoms with Gasteiger partial charge in [-0.3, -0.25) is 0 Å². The molecule has 196 valence electrons. The molecule has 2 aromatic carbocycles. The third-order valence-corrected chi connectivity index (χ3v) is 6.96. The van der Waals surface area contributed by atoms with Crippen LogP contribution < -0.4 is 9.47 Å². The number of hydrogen-bond acceptors (Lipinski definition) is 4. The first kappa shape index (κ1) is 29.7. The van der Waals surface area contributed by atoms with Crippen LogP contribution in [0.4, 0.5) is 0 Å². The Morgan fingerprint density at radius 2 is 1.19 bits per heavy atom. The second-order valence-electron chi connectivity index (χ2n) is 9.16. The topological polar surface area (TPSA) is 52.6 Å². The maximum Gasteiger partial charge on any atom is 0.206 e. The molecule has 0 radical (unpaired) electrons. The first-order valence-corrected chi connectivity index (χ1v) is 13.8. The number of hydrogen-bond donors (Lipinski definition) is 0. The Bertz CT molecular complexity index is 1310. The minimum atomic E-state index is -3.66. The molecule has 0 aromatic heterocycles. The Hall–Kier alpha value is -3.57. The van der Waals surface area contributed by atoms with Crippen LogP contribution in [0.25, 0.3) is 0 Å². The van der Waals surface area contributed by atoms with Gasteiger partial charge in [-0.15, -0.1) is 0 Å². The Kier molecular flexibility index (Phi) is 10.9. The molecule has 0 heterocycles. The van der Waals surface area contributed by atoms with Crippen LogP contribution in [-0.2, 0) is 9.84 Å². The van der Waals surface area contributed by atoms with Gasteiger partial charge in [-0.2, -0.15) is 0 Å². The Labute approximate surface area is 223 Å². The molecule has 2 rings (SSSR count). The van der Waals surface area contributed by atoms with E-state index in [0.29, 0.717) is 17.3 Å². The van der Waals surface area contributed by atoms with Crippen LogP contribution in [0, 0.1) is 0 Å². The second-order valence-corrected chi connectivity index (χ2v) is 11.1. The van der Waals surface area contributed by atoms with Crippen LogP contribution in [0.1, 0.15) is 48.5 Å². The summed E-state index contributed by atoms with van der Waals surface area (Å²) in [5, 5.41) is 0. The first-order chi connectivity index (χ1) is 17.5. The summed E-state index contributed by atoms with van der Waals surface area (Å²) >= 11 is 0. The molecule has 0 saturated heterocycles. The summed E-state index contributed by atoms with van der Waals surface area (Å²) in [5.74, 6) is 1.82. The van der Waals surface area contributed by atoms with E-state index in [1.807, 2.05) is 91.0 Å². The normalized spacial score (nSPS) is 14.2. The summed E-state index contributed by atoms with van der Waals surface area (Å²) in [6, 6.07) is 12.9. The zero-order chi connectivity index (χ0) is 27.5. The van der Waals surface area contributed by atoms with E-state index in [-0.39, 0.29) is 15.4 Å². The zero-order valence-corrected chi connectivity index (χ0v) is 23.7. The fourth-order valence-electron chi connectivity index (χ4n) is 3.35. The van der Waals surface area contributed by atoms with Crippen LogP contribution in [0.15, 0.2) is 130 Å². The van der Waals surface area contributed by atoms with Gasteiger partial charge in [0.1, 0.15) is 22.9 Å². The summed E-state index contributed by atoms with van der Waals surface area (Å²) < 4.78 is 38.0. The molecule has 0 aliphatic carbocycles. The van der Waals surface area contributed by atoms with Gasteiger partial charge in [-0.05, 0) is 120 Å². The van der Waals surface area contributed by atoms with Crippen LogP contribution in [-0.4, -0.2) is 14.0 Å². The highest BCUT2D eigenvalue weighted by atomic mass is 32.2. The lowest BCUT2D eigenvalue weighted by atomic mass is 10.0. The lowest BCUT2D eigenvalue weighted by Gasteiger charge is -2.21. The molecule has 0 atom stereocenters. The Morgan fingerprint density at radius 3 is 1.65 bits per heavy atom. The molecule has 0 saturated carbocycles. The van der Waals surface area contributed by atoms with Crippen molar-refractivity contribution < 1.29 is 17.9 Å². The summed E-state index contributed by atoms with van der Waals surface area (Å²) in [7, 11) is -3.66. The molecule has 0 spiro atoms. The van der Waals surface area contributed by atoms with Gasteiger partial charge in [0.15, 0.2) is 0 Å². The van der Waals surface area contributed by atoms with Crippen LogP contribution >= 0.6 is 0 Å². The van der Waals surface area contributed by atoms with E-state index in [2.05, 4.69) is 12.2 Å². The van der Waals surface area contributed by atoms with Gasteiger partial charge in [-0.25, -0.2) is 8.42 Å². The van der Waals surface area contributed by atoms with Crippen LogP contribution in [0.5, 0.6) is 11.5 Å².